The molecule has 1 amide bonds. The Labute approximate surface area is 140 Å². The number of nitrogens with one attached hydrogen (secondary N) is 2. The summed E-state index contributed by atoms with van der Waals surface area (Å²) in [6, 6.07) is 0. The number of aromatic amines is 1. The van der Waals surface area contributed by atoms with Crippen LogP contribution < -0.4 is 5.32 Å². The first kappa shape index (κ1) is 16.4. The highest BCUT2D eigenvalue weighted by Crippen LogP contribution is 2.33. The minimum atomic E-state index is -0.0599. The summed E-state index contributed by atoms with van der Waals surface area (Å²) in [6.07, 6.45) is 9.33. The first-order valence-electron chi connectivity index (χ1n) is 8.37. The summed E-state index contributed by atoms with van der Waals surface area (Å²) < 4.78 is 5.32. The Balaban J connectivity index is 1.42. The van der Waals surface area contributed by atoms with Crippen molar-refractivity contribution in [2.75, 3.05) is 6.54 Å². The fourth-order valence-electron chi connectivity index (χ4n) is 3.26. The molecule has 2 N–H and O–H groups in total. The second-order valence-electron chi connectivity index (χ2n) is 6.45. The van der Waals surface area contributed by atoms with Gasteiger partial charge in [0.15, 0.2) is 5.82 Å². The number of aryl methyl sites for hydroxylation is 2. The molecule has 0 unspecified atom stereocenters. The number of tetrazole rings is 1. The van der Waals surface area contributed by atoms with Gasteiger partial charge in [0.1, 0.15) is 5.76 Å². The van der Waals surface area contributed by atoms with Gasteiger partial charge in [-0.05, 0) is 57.1 Å². The first-order chi connectivity index (χ1) is 11.6. The van der Waals surface area contributed by atoms with Gasteiger partial charge in [0, 0.05) is 24.1 Å². The number of carbonyl (C=O) groups excluding carboxylic acids is 1. The topological polar surface area (TPSA) is 96.7 Å². The predicted molar refractivity (Wildman–Crippen MR) is 89.1 cm³/mol. The Morgan fingerprint density at radius 1 is 1.38 bits per heavy atom. The van der Waals surface area contributed by atoms with E-state index in [0.29, 0.717) is 18.4 Å². The molecular weight excluding hydrogens is 306 g/mol. The van der Waals surface area contributed by atoms with Crippen molar-refractivity contribution in [3.63, 3.8) is 0 Å². The summed E-state index contributed by atoms with van der Waals surface area (Å²) >= 11 is 0. The van der Waals surface area contributed by atoms with Gasteiger partial charge < -0.3 is 9.73 Å². The van der Waals surface area contributed by atoms with Crippen molar-refractivity contribution in [3.8, 4) is 0 Å². The summed E-state index contributed by atoms with van der Waals surface area (Å²) in [5.41, 5.74) is 2.02. The fraction of sp³-hybridized carbons (Fsp3) is 0.529. The number of hydrogen-bond acceptors (Lipinski definition) is 5. The SMILES string of the molecule is Cc1coc(C)c1/C=C/C(=O)NCC1CCC(c2nn[nH]n2)CC1. The summed E-state index contributed by atoms with van der Waals surface area (Å²) in [6.45, 7) is 4.58. The van der Waals surface area contributed by atoms with Crippen LogP contribution in [0.2, 0.25) is 0 Å². The monoisotopic (exact) mass is 329 g/mol. The number of aromatic nitrogens is 4. The van der Waals surface area contributed by atoms with Crippen LogP contribution >= 0.6 is 0 Å². The normalized spacial score (nSPS) is 21.2. The Kier molecular flexibility index (Phi) is 5.08. The molecule has 0 atom stereocenters. The molecule has 2 aromatic rings. The molecule has 2 heterocycles. The van der Waals surface area contributed by atoms with Crippen molar-refractivity contribution in [3.05, 3.63) is 35.1 Å². The van der Waals surface area contributed by atoms with E-state index in [2.05, 4.69) is 25.9 Å². The van der Waals surface area contributed by atoms with Gasteiger partial charge in [-0.15, -0.1) is 10.2 Å². The molecule has 0 saturated heterocycles. The van der Waals surface area contributed by atoms with E-state index in [9.17, 15) is 4.79 Å². The van der Waals surface area contributed by atoms with Gasteiger partial charge in [-0.2, -0.15) is 5.21 Å². The summed E-state index contributed by atoms with van der Waals surface area (Å²) in [5, 5.41) is 17.3. The molecule has 24 heavy (non-hydrogen) atoms. The van der Waals surface area contributed by atoms with Crippen LogP contribution in [0.15, 0.2) is 16.8 Å². The predicted octanol–water partition coefficient (Wildman–Crippen LogP) is 2.51. The van der Waals surface area contributed by atoms with E-state index in [1.807, 2.05) is 19.9 Å². The minimum Gasteiger partial charge on any atom is -0.469 e. The molecule has 1 aliphatic rings. The third-order valence-corrected chi connectivity index (χ3v) is 4.76. The average molecular weight is 329 g/mol. The number of nitrogens with zero attached hydrogens (tertiary/aromatic N) is 3. The molecule has 1 aliphatic carbocycles. The highest BCUT2D eigenvalue weighted by Gasteiger charge is 2.25. The van der Waals surface area contributed by atoms with E-state index in [1.165, 1.54) is 0 Å². The number of furan rings is 1. The molecule has 3 rings (SSSR count). The van der Waals surface area contributed by atoms with Gasteiger partial charge in [-0.3, -0.25) is 4.79 Å². The van der Waals surface area contributed by atoms with Gasteiger partial charge >= 0.3 is 0 Å². The van der Waals surface area contributed by atoms with Gasteiger partial charge in [0.05, 0.1) is 6.26 Å². The molecule has 0 aromatic carbocycles. The number of rotatable bonds is 5. The largest absolute Gasteiger partial charge is 0.469 e. The van der Waals surface area contributed by atoms with Crippen LogP contribution in [0.4, 0.5) is 0 Å². The van der Waals surface area contributed by atoms with Crippen molar-refractivity contribution in [1.29, 1.82) is 0 Å². The van der Waals surface area contributed by atoms with Gasteiger partial charge in [-0.1, -0.05) is 5.21 Å². The molecule has 2 aromatic heterocycles. The Bertz CT molecular complexity index is 677. The maximum absolute atomic E-state index is 12.0. The van der Waals surface area contributed by atoms with Crippen LogP contribution in [0.3, 0.4) is 0 Å². The van der Waals surface area contributed by atoms with E-state index in [4.69, 9.17) is 4.42 Å². The van der Waals surface area contributed by atoms with Crippen LogP contribution in [0.25, 0.3) is 6.08 Å². The third kappa shape index (κ3) is 3.90. The Hall–Kier alpha value is -2.44. The number of amides is 1. The van der Waals surface area contributed by atoms with Gasteiger partial charge in [-0.25, -0.2) is 0 Å². The average Bonchev–Trinajstić information content (AvgIpc) is 3.23. The molecular formula is C17H23N5O2. The second-order valence-corrected chi connectivity index (χ2v) is 6.45. The van der Waals surface area contributed by atoms with Crippen molar-refractivity contribution >= 4 is 12.0 Å². The molecule has 1 fully saturated rings. The van der Waals surface area contributed by atoms with Gasteiger partial charge in [0.2, 0.25) is 5.91 Å². The number of hydrogen-bond donors (Lipinski definition) is 2. The molecule has 128 valence electrons. The van der Waals surface area contributed by atoms with Crippen molar-refractivity contribution in [2.45, 2.75) is 45.4 Å². The van der Waals surface area contributed by atoms with E-state index < -0.39 is 0 Å². The lowest BCUT2D eigenvalue weighted by atomic mass is 9.81. The van der Waals surface area contributed by atoms with E-state index in [-0.39, 0.29) is 5.91 Å². The summed E-state index contributed by atoms with van der Waals surface area (Å²) in [5.74, 6) is 2.49. The highest BCUT2D eigenvalue weighted by molar-refractivity contribution is 5.92. The van der Waals surface area contributed by atoms with Crippen LogP contribution in [0.5, 0.6) is 0 Å². The zero-order valence-electron chi connectivity index (χ0n) is 14.1. The minimum absolute atomic E-state index is 0.0599. The lowest BCUT2D eigenvalue weighted by Crippen LogP contribution is -2.30. The van der Waals surface area contributed by atoms with Gasteiger partial charge in [0.25, 0.3) is 0 Å². The maximum Gasteiger partial charge on any atom is 0.244 e. The molecule has 1 saturated carbocycles. The van der Waals surface area contributed by atoms with Crippen molar-refractivity contribution in [2.24, 2.45) is 5.92 Å². The van der Waals surface area contributed by atoms with Crippen LogP contribution in [0, 0.1) is 19.8 Å². The molecule has 7 heteroatoms. The summed E-state index contributed by atoms with van der Waals surface area (Å²) in [4.78, 5) is 12.0. The number of carbonyl (C=O) groups is 1. The first-order valence-corrected chi connectivity index (χ1v) is 8.37. The Morgan fingerprint density at radius 3 is 2.79 bits per heavy atom. The van der Waals surface area contributed by atoms with E-state index in [1.54, 1.807) is 12.3 Å². The Morgan fingerprint density at radius 2 is 2.17 bits per heavy atom. The molecule has 7 nitrogen and oxygen atoms in total. The fourth-order valence-corrected chi connectivity index (χ4v) is 3.26. The van der Waals surface area contributed by atoms with E-state index in [0.717, 1.165) is 48.4 Å². The molecule has 0 bridgehead atoms. The van der Waals surface area contributed by atoms with Crippen molar-refractivity contribution < 1.29 is 9.21 Å². The smallest absolute Gasteiger partial charge is 0.244 e. The lowest BCUT2D eigenvalue weighted by Gasteiger charge is -2.26. The summed E-state index contributed by atoms with van der Waals surface area (Å²) in [7, 11) is 0. The van der Waals surface area contributed by atoms with Crippen molar-refractivity contribution in [1.82, 2.24) is 25.9 Å². The zero-order chi connectivity index (χ0) is 16.9. The second kappa shape index (κ2) is 7.42. The molecule has 0 aliphatic heterocycles. The lowest BCUT2D eigenvalue weighted by molar-refractivity contribution is -0.116. The molecule has 0 spiro atoms. The zero-order valence-corrected chi connectivity index (χ0v) is 14.1. The van der Waals surface area contributed by atoms with E-state index >= 15 is 0 Å². The maximum atomic E-state index is 12.0. The quantitative estimate of drug-likeness (QED) is 0.822. The third-order valence-electron chi connectivity index (χ3n) is 4.76. The van der Waals surface area contributed by atoms with Crippen LogP contribution in [-0.2, 0) is 4.79 Å². The van der Waals surface area contributed by atoms with Crippen LogP contribution in [0.1, 0.15) is 54.3 Å². The molecule has 0 radical (unpaired) electrons. The number of H-pyrrole nitrogens is 1. The highest BCUT2D eigenvalue weighted by atomic mass is 16.3. The standard InChI is InChI=1S/C17H23N5O2/c1-11-10-24-12(2)15(11)7-8-16(23)18-9-13-3-5-14(6-4-13)17-19-21-22-20-17/h7-8,10,13-14H,3-6,9H2,1-2H3,(H,18,23)(H,19,20,21,22)/b8-7+. The van der Waals surface area contributed by atoms with Crippen LogP contribution in [-0.4, -0.2) is 33.1 Å².